The highest BCUT2D eigenvalue weighted by Crippen LogP contribution is 2.28. The molecule has 1 saturated heterocycles. The Labute approximate surface area is 146 Å². The molecule has 7 nitrogen and oxygen atoms in total. The van der Waals surface area contributed by atoms with Gasteiger partial charge in [0, 0.05) is 37.7 Å². The lowest BCUT2D eigenvalue weighted by molar-refractivity contribution is 0.396. The summed E-state index contributed by atoms with van der Waals surface area (Å²) < 4.78 is 20.0. The van der Waals surface area contributed by atoms with E-state index in [1.54, 1.807) is 13.2 Å². The zero-order chi connectivity index (χ0) is 18.0. The molecule has 0 bridgehead atoms. The van der Waals surface area contributed by atoms with Crippen molar-refractivity contribution in [1.82, 2.24) is 19.9 Å². The van der Waals surface area contributed by atoms with Crippen LogP contribution in [0.2, 0.25) is 0 Å². The number of hydrogen-bond donors (Lipinski definition) is 0. The monoisotopic (exact) mass is 346 g/mol. The maximum absolute atomic E-state index is 14.9. The summed E-state index contributed by atoms with van der Waals surface area (Å²) in [4.78, 5) is 20.7. The third-order valence-electron chi connectivity index (χ3n) is 4.22. The second-order valence-corrected chi connectivity index (χ2v) is 7.00. The number of nitrogens with zero attached hydrogens (tertiary/aromatic N) is 6. The number of ether oxygens (including phenoxy) is 1. The summed E-state index contributed by atoms with van der Waals surface area (Å²) >= 11 is 0. The number of methoxy groups -OCH3 is 1. The number of halogens is 1. The molecular weight excluding hydrogens is 323 g/mol. The number of piperazine rings is 1. The highest BCUT2D eigenvalue weighted by Gasteiger charge is 2.27. The van der Waals surface area contributed by atoms with E-state index in [9.17, 15) is 4.39 Å². The van der Waals surface area contributed by atoms with Gasteiger partial charge in [0.15, 0.2) is 11.6 Å². The molecule has 0 atom stereocenters. The SMILES string of the molecule is COc1cc(N2CCN(c3ncnc(C(C)(C)C)c3F)CC2)ncn1. The molecule has 0 radical (unpaired) electrons. The quantitative estimate of drug-likeness (QED) is 0.842. The third-order valence-corrected chi connectivity index (χ3v) is 4.22. The Bertz CT molecular complexity index is 740. The van der Waals surface area contributed by atoms with Crippen molar-refractivity contribution < 1.29 is 9.13 Å². The van der Waals surface area contributed by atoms with Crippen LogP contribution < -0.4 is 14.5 Å². The van der Waals surface area contributed by atoms with Gasteiger partial charge in [-0.2, -0.15) is 0 Å². The van der Waals surface area contributed by atoms with Gasteiger partial charge < -0.3 is 14.5 Å². The molecule has 1 aliphatic heterocycles. The summed E-state index contributed by atoms with van der Waals surface area (Å²) in [5.74, 6) is 1.39. The van der Waals surface area contributed by atoms with Crippen molar-refractivity contribution in [2.24, 2.45) is 0 Å². The van der Waals surface area contributed by atoms with E-state index in [2.05, 4.69) is 24.8 Å². The number of rotatable bonds is 3. The lowest BCUT2D eigenvalue weighted by Crippen LogP contribution is -2.47. The first-order chi connectivity index (χ1) is 11.9. The first kappa shape index (κ1) is 17.3. The van der Waals surface area contributed by atoms with Crippen molar-refractivity contribution in [2.75, 3.05) is 43.1 Å². The highest BCUT2D eigenvalue weighted by atomic mass is 19.1. The predicted octanol–water partition coefficient (Wildman–Crippen LogP) is 2.04. The van der Waals surface area contributed by atoms with E-state index in [0.29, 0.717) is 43.6 Å². The molecule has 0 saturated carbocycles. The Morgan fingerprint density at radius 1 is 0.960 bits per heavy atom. The van der Waals surface area contributed by atoms with Gasteiger partial charge in [0.25, 0.3) is 0 Å². The predicted molar refractivity (Wildman–Crippen MR) is 93.7 cm³/mol. The Morgan fingerprint density at radius 2 is 1.60 bits per heavy atom. The summed E-state index contributed by atoms with van der Waals surface area (Å²) in [6.07, 6.45) is 2.93. The zero-order valence-electron chi connectivity index (χ0n) is 15.0. The van der Waals surface area contributed by atoms with Crippen LogP contribution in [0.4, 0.5) is 16.0 Å². The summed E-state index contributed by atoms with van der Waals surface area (Å²) in [5.41, 5.74) is 0.0849. The Hall–Kier alpha value is -2.51. The molecule has 8 heteroatoms. The highest BCUT2D eigenvalue weighted by molar-refractivity contribution is 5.47. The fourth-order valence-corrected chi connectivity index (χ4v) is 2.87. The second-order valence-electron chi connectivity index (χ2n) is 7.00. The van der Waals surface area contributed by atoms with Crippen LogP contribution in [0.25, 0.3) is 0 Å². The molecule has 1 aliphatic rings. The van der Waals surface area contributed by atoms with Crippen molar-refractivity contribution in [2.45, 2.75) is 26.2 Å². The largest absolute Gasteiger partial charge is 0.481 e. The van der Waals surface area contributed by atoms with Gasteiger partial charge in [0.1, 0.15) is 18.5 Å². The molecule has 0 aromatic carbocycles. The van der Waals surface area contributed by atoms with E-state index in [-0.39, 0.29) is 11.2 Å². The van der Waals surface area contributed by atoms with Gasteiger partial charge in [-0.1, -0.05) is 20.8 Å². The normalized spacial score (nSPS) is 15.4. The molecule has 0 amide bonds. The minimum atomic E-state index is -0.360. The zero-order valence-corrected chi connectivity index (χ0v) is 15.0. The van der Waals surface area contributed by atoms with Gasteiger partial charge in [-0.3, -0.25) is 0 Å². The third kappa shape index (κ3) is 3.62. The van der Waals surface area contributed by atoms with Crippen LogP contribution in [0.3, 0.4) is 0 Å². The molecule has 134 valence electrons. The average molecular weight is 346 g/mol. The Morgan fingerprint density at radius 3 is 2.24 bits per heavy atom. The van der Waals surface area contributed by atoms with Gasteiger partial charge in [0.2, 0.25) is 5.88 Å². The Kier molecular flexibility index (Phi) is 4.69. The van der Waals surface area contributed by atoms with Crippen molar-refractivity contribution in [3.05, 3.63) is 30.2 Å². The summed E-state index contributed by atoms with van der Waals surface area (Å²) in [6, 6.07) is 1.80. The summed E-state index contributed by atoms with van der Waals surface area (Å²) in [6.45, 7) is 8.59. The maximum atomic E-state index is 14.9. The molecule has 3 heterocycles. The van der Waals surface area contributed by atoms with Crippen molar-refractivity contribution in [1.29, 1.82) is 0 Å². The van der Waals surface area contributed by atoms with Crippen molar-refractivity contribution in [3.63, 3.8) is 0 Å². The van der Waals surface area contributed by atoms with E-state index in [0.717, 1.165) is 5.82 Å². The van der Waals surface area contributed by atoms with Crippen LogP contribution >= 0.6 is 0 Å². The van der Waals surface area contributed by atoms with Crippen LogP contribution in [-0.4, -0.2) is 53.2 Å². The van der Waals surface area contributed by atoms with Crippen LogP contribution in [0.1, 0.15) is 26.5 Å². The smallest absolute Gasteiger partial charge is 0.218 e. The molecule has 25 heavy (non-hydrogen) atoms. The lowest BCUT2D eigenvalue weighted by Gasteiger charge is -2.36. The minimum Gasteiger partial charge on any atom is -0.481 e. The molecular formula is C17H23FN6O. The molecule has 2 aromatic rings. The molecule has 2 aromatic heterocycles. The van der Waals surface area contributed by atoms with Crippen molar-refractivity contribution in [3.8, 4) is 5.88 Å². The first-order valence-corrected chi connectivity index (χ1v) is 8.27. The van der Waals surface area contributed by atoms with E-state index in [4.69, 9.17) is 4.74 Å². The summed E-state index contributed by atoms with van der Waals surface area (Å²) in [7, 11) is 1.58. The fraction of sp³-hybridized carbons (Fsp3) is 0.529. The fourth-order valence-electron chi connectivity index (χ4n) is 2.87. The minimum absolute atomic E-state index is 0.327. The van der Waals surface area contributed by atoms with Gasteiger partial charge in [-0.05, 0) is 0 Å². The maximum Gasteiger partial charge on any atom is 0.218 e. The standard InChI is InChI=1S/C17H23FN6O/c1-17(2,3)15-14(18)16(22-11-21-15)24-7-5-23(6-8-24)12-9-13(25-4)20-10-19-12/h9-11H,5-8H2,1-4H3. The number of aromatic nitrogens is 4. The molecule has 0 spiro atoms. The number of hydrogen-bond acceptors (Lipinski definition) is 7. The molecule has 0 N–H and O–H groups in total. The van der Waals surface area contributed by atoms with Crippen LogP contribution in [0.15, 0.2) is 18.7 Å². The second kappa shape index (κ2) is 6.78. The molecule has 0 aliphatic carbocycles. The van der Waals surface area contributed by atoms with E-state index >= 15 is 0 Å². The van der Waals surface area contributed by atoms with Crippen LogP contribution in [-0.2, 0) is 5.41 Å². The van der Waals surface area contributed by atoms with Crippen LogP contribution in [0, 0.1) is 5.82 Å². The van der Waals surface area contributed by atoms with Crippen LogP contribution in [0.5, 0.6) is 5.88 Å². The topological polar surface area (TPSA) is 67.3 Å². The number of anilines is 2. The van der Waals surface area contributed by atoms with Gasteiger partial charge in [0.05, 0.1) is 12.8 Å². The van der Waals surface area contributed by atoms with Gasteiger partial charge in [-0.25, -0.2) is 24.3 Å². The molecule has 3 rings (SSSR count). The van der Waals surface area contributed by atoms with E-state index in [1.165, 1.54) is 12.7 Å². The summed E-state index contributed by atoms with van der Waals surface area (Å²) in [5, 5.41) is 0. The van der Waals surface area contributed by atoms with Crippen molar-refractivity contribution >= 4 is 11.6 Å². The van der Waals surface area contributed by atoms with E-state index < -0.39 is 0 Å². The van der Waals surface area contributed by atoms with Gasteiger partial charge >= 0.3 is 0 Å². The average Bonchev–Trinajstić information content (AvgIpc) is 2.61. The first-order valence-electron chi connectivity index (χ1n) is 8.27. The molecule has 0 unspecified atom stereocenters. The van der Waals surface area contributed by atoms with Gasteiger partial charge in [-0.15, -0.1) is 0 Å². The lowest BCUT2D eigenvalue weighted by atomic mass is 9.91. The Balaban J connectivity index is 1.74. The van der Waals surface area contributed by atoms with E-state index in [1.807, 2.05) is 25.7 Å². The molecule has 1 fully saturated rings.